The average molecular weight is 232 g/mol. The van der Waals surface area contributed by atoms with E-state index in [9.17, 15) is 18.0 Å². The Kier molecular flexibility index (Phi) is 2.15. The van der Waals surface area contributed by atoms with Gasteiger partial charge in [0.15, 0.2) is 11.5 Å². The van der Waals surface area contributed by atoms with Gasteiger partial charge in [0.05, 0.1) is 5.56 Å². The van der Waals surface area contributed by atoms with Gasteiger partial charge in [-0.1, -0.05) is 13.8 Å². The van der Waals surface area contributed by atoms with Crippen molar-refractivity contribution in [2.75, 3.05) is 0 Å². The topological polar surface area (TPSA) is 45.8 Å². The van der Waals surface area contributed by atoms with Crippen molar-refractivity contribution in [2.45, 2.75) is 32.9 Å². The van der Waals surface area contributed by atoms with Gasteiger partial charge in [0, 0.05) is 12.1 Å². The third-order valence-corrected chi connectivity index (χ3v) is 2.68. The number of hydrogen-bond donors (Lipinski definition) is 1. The number of nitrogens with one attached hydrogen (secondary N) is 1. The van der Waals surface area contributed by atoms with Gasteiger partial charge in [0.1, 0.15) is 0 Å². The lowest BCUT2D eigenvalue weighted by atomic mass is 9.75. The summed E-state index contributed by atoms with van der Waals surface area (Å²) in [4.78, 5) is 11.7. The van der Waals surface area contributed by atoms with Crippen molar-refractivity contribution >= 4 is 5.78 Å². The van der Waals surface area contributed by atoms with E-state index in [1.165, 1.54) is 0 Å². The van der Waals surface area contributed by atoms with E-state index < -0.39 is 17.7 Å². The van der Waals surface area contributed by atoms with Crippen LogP contribution < -0.4 is 0 Å². The summed E-state index contributed by atoms with van der Waals surface area (Å²) in [6.45, 7) is 3.70. The van der Waals surface area contributed by atoms with Crippen LogP contribution in [0.3, 0.4) is 0 Å². The highest BCUT2D eigenvalue weighted by Gasteiger charge is 2.43. The molecule has 0 saturated carbocycles. The zero-order valence-electron chi connectivity index (χ0n) is 8.90. The molecule has 0 unspecified atom stereocenters. The highest BCUT2D eigenvalue weighted by Crippen LogP contribution is 2.39. The SMILES string of the molecule is CC1(C)CC(=O)c2c(C(F)(F)F)n[nH]c2C1. The Balaban J connectivity index is 2.52. The lowest BCUT2D eigenvalue weighted by Gasteiger charge is -2.28. The van der Waals surface area contributed by atoms with Gasteiger partial charge in [-0.15, -0.1) is 0 Å². The number of H-pyrrole nitrogens is 1. The first-order valence-corrected chi connectivity index (χ1v) is 4.88. The molecule has 0 amide bonds. The van der Waals surface area contributed by atoms with Crippen LogP contribution in [0.1, 0.15) is 42.0 Å². The maximum absolute atomic E-state index is 12.5. The predicted molar refractivity (Wildman–Crippen MR) is 50.0 cm³/mol. The summed E-state index contributed by atoms with van der Waals surface area (Å²) in [5.74, 6) is -0.479. The number of nitrogens with zero attached hydrogens (tertiary/aromatic N) is 1. The highest BCUT2D eigenvalue weighted by molar-refractivity contribution is 5.99. The Morgan fingerprint density at radius 2 is 1.94 bits per heavy atom. The van der Waals surface area contributed by atoms with E-state index in [4.69, 9.17) is 0 Å². The largest absolute Gasteiger partial charge is 0.435 e. The summed E-state index contributed by atoms with van der Waals surface area (Å²) in [5, 5.41) is 5.54. The number of Topliss-reactive ketones (excluding diaryl/α,β-unsaturated/α-hetero) is 1. The van der Waals surface area contributed by atoms with Crippen LogP contribution in [0.5, 0.6) is 0 Å². The van der Waals surface area contributed by atoms with Crippen molar-refractivity contribution in [3.63, 3.8) is 0 Å². The van der Waals surface area contributed by atoms with E-state index in [0.29, 0.717) is 12.1 Å². The Morgan fingerprint density at radius 3 is 2.50 bits per heavy atom. The molecule has 1 aliphatic rings. The molecule has 88 valence electrons. The number of carbonyl (C=O) groups excluding carboxylic acids is 1. The first-order valence-electron chi connectivity index (χ1n) is 4.88. The van der Waals surface area contributed by atoms with Crippen LogP contribution in [-0.2, 0) is 12.6 Å². The number of aromatic nitrogens is 2. The van der Waals surface area contributed by atoms with Gasteiger partial charge in [-0.05, 0) is 11.8 Å². The van der Waals surface area contributed by atoms with E-state index in [-0.39, 0.29) is 17.4 Å². The van der Waals surface area contributed by atoms with Crippen molar-refractivity contribution < 1.29 is 18.0 Å². The monoisotopic (exact) mass is 232 g/mol. The maximum Gasteiger partial charge on any atom is 0.435 e. The van der Waals surface area contributed by atoms with E-state index in [1.807, 2.05) is 13.8 Å². The van der Waals surface area contributed by atoms with Crippen molar-refractivity contribution in [2.24, 2.45) is 5.41 Å². The van der Waals surface area contributed by atoms with Crippen LogP contribution in [0.25, 0.3) is 0 Å². The standard InChI is InChI=1S/C10H11F3N2O/c1-9(2)3-5-7(6(16)4-9)8(15-14-5)10(11,12)13/h3-4H2,1-2H3,(H,14,15). The van der Waals surface area contributed by atoms with Crippen LogP contribution in [0.15, 0.2) is 0 Å². The number of halogens is 3. The van der Waals surface area contributed by atoms with E-state index in [0.717, 1.165) is 0 Å². The second-order valence-corrected chi connectivity index (χ2v) is 4.86. The molecular formula is C10H11F3N2O. The van der Waals surface area contributed by atoms with Crippen LogP contribution in [0.2, 0.25) is 0 Å². The number of ketones is 1. The molecule has 0 bridgehead atoms. The van der Waals surface area contributed by atoms with Crippen LogP contribution >= 0.6 is 0 Å². The van der Waals surface area contributed by atoms with E-state index in [2.05, 4.69) is 10.2 Å². The summed E-state index contributed by atoms with van der Waals surface area (Å²) in [5.41, 5.74) is -1.36. The first-order chi connectivity index (χ1) is 7.21. The minimum Gasteiger partial charge on any atom is -0.294 e. The quantitative estimate of drug-likeness (QED) is 0.747. The summed E-state index contributed by atoms with van der Waals surface area (Å²) in [6.07, 6.45) is -4.03. The normalized spacial score (nSPS) is 19.7. The fourth-order valence-electron chi connectivity index (χ4n) is 2.08. The molecule has 1 N–H and O–H groups in total. The number of fused-ring (bicyclic) bond motifs is 1. The minimum atomic E-state index is -4.57. The Morgan fingerprint density at radius 1 is 1.31 bits per heavy atom. The molecule has 0 spiro atoms. The molecule has 2 rings (SSSR count). The molecule has 0 fully saturated rings. The first kappa shape index (κ1) is 11.2. The van der Waals surface area contributed by atoms with Crippen LogP contribution in [0.4, 0.5) is 13.2 Å². The minimum absolute atomic E-state index is 0.128. The smallest absolute Gasteiger partial charge is 0.294 e. The van der Waals surface area contributed by atoms with Crippen LogP contribution in [0, 0.1) is 5.41 Å². The van der Waals surface area contributed by atoms with Gasteiger partial charge >= 0.3 is 6.18 Å². The number of rotatable bonds is 0. The second kappa shape index (κ2) is 3.09. The lowest BCUT2D eigenvalue weighted by molar-refractivity contribution is -0.141. The van der Waals surface area contributed by atoms with Gasteiger partial charge in [0.2, 0.25) is 0 Å². The summed E-state index contributed by atoms with van der Waals surface area (Å²) in [7, 11) is 0. The number of carbonyl (C=O) groups is 1. The maximum atomic E-state index is 12.5. The predicted octanol–water partition coefficient (Wildman–Crippen LogP) is 2.58. The Hall–Kier alpha value is -1.33. The molecule has 1 aliphatic carbocycles. The molecule has 1 aromatic heterocycles. The summed E-state index contributed by atoms with van der Waals surface area (Å²) in [6, 6.07) is 0. The van der Waals surface area contributed by atoms with E-state index in [1.54, 1.807) is 0 Å². The third kappa shape index (κ3) is 1.72. The average Bonchev–Trinajstić information content (AvgIpc) is 2.43. The molecule has 0 aliphatic heterocycles. The van der Waals surface area contributed by atoms with Gasteiger partial charge in [-0.2, -0.15) is 18.3 Å². The molecule has 16 heavy (non-hydrogen) atoms. The van der Waals surface area contributed by atoms with Gasteiger partial charge < -0.3 is 0 Å². The Bertz CT molecular complexity index is 445. The van der Waals surface area contributed by atoms with Crippen molar-refractivity contribution in [1.82, 2.24) is 10.2 Å². The molecule has 0 aromatic carbocycles. The molecule has 0 atom stereocenters. The van der Waals surface area contributed by atoms with E-state index >= 15 is 0 Å². The third-order valence-electron chi connectivity index (χ3n) is 2.68. The molecule has 0 saturated heterocycles. The van der Waals surface area contributed by atoms with Crippen molar-refractivity contribution in [3.05, 3.63) is 17.0 Å². The lowest BCUT2D eigenvalue weighted by Crippen LogP contribution is -2.28. The van der Waals surface area contributed by atoms with Gasteiger partial charge in [-0.25, -0.2) is 0 Å². The van der Waals surface area contributed by atoms with Gasteiger partial charge in [0.25, 0.3) is 0 Å². The molecule has 3 nitrogen and oxygen atoms in total. The molecule has 6 heteroatoms. The fraction of sp³-hybridized carbons (Fsp3) is 0.600. The van der Waals surface area contributed by atoms with Crippen molar-refractivity contribution in [3.8, 4) is 0 Å². The zero-order valence-corrected chi connectivity index (χ0v) is 8.90. The number of aromatic amines is 1. The highest BCUT2D eigenvalue weighted by atomic mass is 19.4. The second-order valence-electron chi connectivity index (χ2n) is 4.86. The van der Waals surface area contributed by atoms with Crippen LogP contribution in [-0.4, -0.2) is 16.0 Å². The van der Waals surface area contributed by atoms with Gasteiger partial charge in [-0.3, -0.25) is 9.89 Å². The molecule has 1 aromatic rings. The summed E-state index contributed by atoms with van der Waals surface area (Å²) < 4.78 is 37.6. The van der Waals surface area contributed by atoms with Crippen molar-refractivity contribution in [1.29, 1.82) is 0 Å². The molecule has 0 radical (unpaired) electrons. The fourth-order valence-corrected chi connectivity index (χ4v) is 2.08. The summed E-state index contributed by atoms with van der Waals surface area (Å²) >= 11 is 0. The molecular weight excluding hydrogens is 221 g/mol. The number of hydrogen-bond acceptors (Lipinski definition) is 2. The Labute approximate surface area is 90.0 Å². The zero-order chi connectivity index (χ0) is 12.1. The molecule has 1 heterocycles. The number of alkyl halides is 3.